The number of hydrogen-bond donors (Lipinski definition) is 4. The van der Waals surface area contributed by atoms with Crippen molar-refractivity contribution in [1.82, 2.24) is 30.4 Å². The fourth-order valence-corrected chi connectivity index (χ4v) is 6.47. The van der Waals surface area contributed by atoms with Gasteiger partial charge in [-0.15, -0.1) is 0 Å². The average molecular weight is 710 g/mol. The van der Waals surface area contributed by atoms with Crippen molar-refractivity contribution in [3.63, 3.8) is 0 Å². The molecule has 1 saturated carbocycles. The number of oxazole rings is 1. The van der Waals surface area contributed by atoms with Gasteiger partial charge in [0.15, 0.2) is 6.61 Å². The summed E-state index contributed by atoms with van der Waals surface area (Å²) < 4.78 is 23.1. The van der Waals surface area contributed by atoms with Gasteiger partial charge in [-0.05, 0) is 63.1 Å². The van der Waals surface area contributed by atoms with Gasteiger partial charge in [0.2, 0.25) is 17.7 Å². The molecule has 3 fully saturated rings. The summed E-state index contributed by atoms with van der Waals surface area (Å²) in [5, 5.41) is 27.1. The Kier molecular flexibility index (Phi) is 12.2. The van der Waals surface area contributed by atoms with Crippen LogP contribution in [0.5, 0.6) is 5.75 Å². The standard InChI is InChI=1S/C35H43N13O4/c1-23(18-47(22-37)46-38)52-32-13-24(3-4-25(32)14-36)26-15-42-35(43-16-26)44-31(34(39-2)51-21-33-40-11-12-50-33)17-41-27-5-7-28(8-6-27)45-48-29-9-10-30(48)20-49-19-29/h3-4,11-13,15-17,22-23,28-30,37-38,45H,5-10,18-21H2,1-2H3,(H,42,43,44)/b31-17+,37-22?,39-34?,41-27?,46-38?/t23-,28?,29-,30+/m0/s1. The number of hydrazine groups is 1. The van der Waals surface area contributed by atoms with Crippen LogP contribution in [-0.2, 0) is 16.1 Å². The van der Waals surface area contributed by atoms with E-state index in [1.165, 1.54) is 19.1 Å². The summed E-state index contributed by atoms with van der Waals surface area (Å²) in [7, 11) is 1.63. The van der Waals surface area contributed by atoms with Crippen LogP contribution in [0.4, 0.5) is 5.95 Å². The molecular formula is C35H43N13O4. The number of fused-ring (bicyclic) bond motifs is 2. The quantitative estimate of drug-likeness (QED) is 0.0719. The number of ether oxygens (including phenoxy) is 3. The molecule has 4 heterocycles. The van der Waals surface area contributed by atoms with Gasteiger partial charge in [0.05, 0.1) is 37.7 Å². The molecule has 6 rings (SSSR count). The number of anilines is 1. The van der Waals surface area contributed by atoms with Gasteiger partial charge < -0.3 is 23.9 Å². The zero-order valence-electron chi connectivity index (χ0n) is 29.2. The van der Waals surface area contributed by atoms with E-state index in [0.29, 0.717) is 52.5 Å². The van der Waals surface area contributed by atoms with Crippen LogP contribution >= 0.6 is 0 Å². The van der Waals surface area contributed by atoms with Crippen molar-refractivity contribution in [2.24, 2.45) is 15.2 Å². The fourth-order valence-electron chi connectivity index (χ4n) is 6.47. The summed E-state index contributed by atoms with van der Waals surface area (Å²) in [5.74, 6) is 1.36. The summed E-state index contributed by atoms with van der Waals surface area (Å²) in [6, 6.07) is 8.69. The van der Waals surface area contributed by atoms with Gasteiger partial charge in [-0.1, -0.05) is 11.3 Å². The third-order valence-corrected chi connectivity index (χ3v) is 9.14. The van der Waals surface area contributed by atoms with Gasteiger partial charge in [0.1, 0.15) is 36.2 Å². The van der Waals surface area contributed by atoms with Crippen LogP contribution < -0.4 is 15.5 Å². The second kappa shape index (κ2) is 17.6. The second-order valence-electron chi connectivity index (χ2n) is 12.7. The first-order valence-corrected chi connectivity index (χ1v) is 17.3. The molecule has 0 radical (unpaired) electrons. The Morgan fingerprint density at radius 2 is 1.92 bits per heavy atom. The van der Waals surface area contributed by atoms with E-state index < -0.39 is 6.10 Å². The minimum Gasteiger partial charge on any atom is -0.487 e. The molecule has 272 valence electrons. The van der Waals surface area contributed by atoms with E-state index in [2.05, 4.69) is 47.0 Å². The van der Waals surface area contributed by atoms with Crippen LogP contribution in [0.3, 0.4) is 0 Å². The van der Waals surface area contributed by atoms with Crippen molar-refractivity contribution < 1.29 is 18.6 Å². The maximum absolute atomic E-state index is 9.65. The number of aromatic nitrogens is 3. The lowest BCUT2D eigenvalue weighted by molar-refractivity contribution is -0.0507. The minimum atomic E-state index is -0.452. The van der Waals surface area contributed by atoms with Crippen LogP contribution in [0.2, 0.25) is 0 Å². The van der Waals surface area contributed by atoms with Gasteiger partial charge in [0, 0.05) is 48.8 Å². The highest BCUT2D eigenvalue weighted by Gasteiger charge is 2.38. The third-order valence-electron chi connectivity index (χ3n) is 9.14. The number of benzene rings is 1. The first-order valence-electron chi connectivity index (χ1n) is 17.3. The average Bonchev–Trinajstić information content (AvgIpc) is 3.76. The molecule has 2 aliphatic heterocycles. The predicted octanol–water partition coefficient (Wildman–Crippen LogP) is 4.88. The lowest BCUT2D eigenvalue weighted by Crippen LogP contribution is -2.56. The molecule has 52 heavy (non-hydrogen) atoms. The monoisotopic (exact) mass is 709 g/mol. The van der Waals surface area contributed by atoms with Crippen molar-refractivity contribution in [3.8, 4) is 22.9 Å². The summed E-state index contributed by atoms with van der Waals surface area (Å²) in [5.41, 5.74) is 14.3. The number of hydrogen-bond acceptors (Lipinski definition) is 16. The Labute approximate surface area is 301 Å². The van der Waals surface area contributed by atoms with Crippen LogP contribution in [0, 0.1) is 22.3 Å². The highest BCUT2D eigenvalue weighted by Crippen LogP contribution is 2.30. The van der Waals surface area contributed by atoms with Gasteiger partial charge >= 0.3 is 0 Å². The van der Waals surface area contributed by atoms with E-state index in [4.69, 9.17) is 34.6 Å². The van der Waals surface area contributed by atoms with Gasteiger partial charge in [-0.25, -0.2) is 25.0 Å². The molecule has 0 amide bonds. The number of morpholine rings is 1. The number of aliphatic imine (C=N–C) groups is 2. The van der Waals surface area contributed by atoms with E-state index in [0.717, 1.165) is 61.5 Å². The molecule has 17 nitrogen and oxygen atoms in total. The molecule has 4 N–H and O–H groups in total. The molecule has 2 aromatic heterocycles. The Morgan fingerprint density at radius 1 is 1.15 bits per heavy atom. The zero-order chi connectivity index (χ0) is 36.3. The molecule has 1 aliphatic carbocycles. The molecule has 1 aromatic carbocycles. The predicted molar refractivity (Wildman–Crippen MR) is 192 cm³/mol. The summed E-state index contributed by atoms with van der Waals surface area (Å²) in [6.45, 7) is 3.63. The first kappa shape index (κ1) is 36.2. The fraction of sp³-hybridized carbons (Fsp3) is 0.457. The smallest absolute Gasteiger partial charge is 0.235 e. The molecule has 17 heteroatoms. The Hall–Kier alpha value is -5.57. The molecule has 2 saturated heterocycles. The van der Waals surface area contributed by atoms with E-state index in [9.17, 15) is 5.26 Å². The van der Waals surface area contributed by atoms with E-state index in [1.54, 1.807) is 57.0 Å². The number of nitriles is 1. The molecule has 3 atom stereocenters. The molecule has 3 aliphatic rings. The molecule has 0 unspecified atom stereocenters. The topological polar surface area (TPSA) is 219 Å². The van der Waals surface area contributed by atoms with Gasteiger partial charge in [-0.2, -0.15) is 10.8 Å². The number of nitrogens with one attached hydrogen (secondary N) is 4. The highest BCUT2D eigenvalue weighted by atomic mass is 16.5. The molecule has 2 bridgehead atoms. The SMILES string of the molecule is CN=C(OCc1ncco1)/C(=C\N=C1CCC(NN2[C@@H]3CC[C@H]2COC3)CC1)Nc1ncc(-c2ccc(C#N)c(O[C@@H](C)CN(C=N)N=N)c2)cn1. The van der Waals surface area contributed by atoms with Crippen molar-refractivity contribution >= 4 is 23.9 Å². The van der Waals surface area contributed by atoms with Crippen molar-refractivity contribution in [2.45, 2.75) is 76.3 Å². The Balaban J connectivity index is 1.14. The first-order chi connectivity index (χ1) is 25.5. The molecule has 0 spiro atoms. The second-order valence-corrected chi connectivity index (χ2v) is 12.7. The maximum atomic E-state index is 9.65. The lowest BCUT2D eigenvalue weighted by atomic mass is 9.94. The molecule has 3 aromatic rings. The largest absolute Gasteiger partial charge is 0.487 e. The minimum absolute atomic E-state index is 0.0743. The summed E-state index contributed by atoms with van der Waals surface area (Å²) >= 11 is 0. The summed E-state index contributed by atoms with van der Waals surface area (Å²) in [4.78, 5) is 22.5. The summed E-state index contributed by atoms with van der Waals surface area (Å²) in [6.07, 6.45) is 14.7. The van der Waals surface area contributed by atoms with E-state index in [1.807, 2.05) is 0 Å². The normalized spacial score (nSPS) is 21.2. The maximum Gasteiger partial charge on any atom is 0.235 e. The third kappa shape index (κ3) is 9.20. The van der Waals surface area contributed by atoms with Crippen LogP contribution in [0.25, 0.3) is 11.1 Å². The van der Waals surface area contributed by atoms with E-state index in [-0.39, 0.29) is 19.0 Å². The highest BCUT2D eigenvalue weighted by molar-refractivity contribution is 5.96. The van der Waals surface area contributed by atoms with Crippen molar-refractivity contribution in [2.75, 3.05) is 32.1 Å². The van der Waals surface area contributed by atoms with Crippen LogP contribution in [-0.4, -0.2) is 94.0 Å². The number of nitrogens with zero attached hydrogens (tertiary/aromatic N) is 9. The van der Waals surface area contributed by atoms with Crippen molar-refractivity contribution in [3.05, 3.63) is 66.4 Å². The van der Waals surface area contributed by atoms with Gasteiger partial charge in [-0.3, -0.25) is 20.8 Å². The lowest BCUT2D eigenvalue weighted by Gasteiger charge is -2.38. The van der Waals surface area contributed by atoms with Crippen molar-refractivity contribution in [1.29, 1.82) is 16.2 Å². The van der Waals surface area contributed by atoms with Crippen LogP contribution in [0.1, 0.15) is 56.9 Å². The van der Waals surface area contributed by atoms with Gasteiger partial charge in [0.25, 0.3) is 0 Å². The Morgan fingerprint density at radius 3 is 2.58 bits per heavy atom. The number of rotatable bonds is 15. The Bertz CT molecular complexity index is 1770. The van der Waals surface area contributed by atoms with Crippen LogP contribution in [0.15, 0.2) is 74.6 Å². The zero-order valence-corrected chi connectivity index (χ0v) is 29.2. The van der Waals surface area contributed by atoms with E-state index >= 15 is 0 Å². The molecular weight excluding hydrogens is 666 g/mol.